The molecule has 2 aliphatic rings. The molecule has 0 bridgehead atoms. The molecule has 0 fully saturated rings. The van der Waals surface area contributed by atoms with Crippen molar-refractivity contribution in [3.8, 4) is 32.8 Å². The summed E-state index contributed by atoms with van der Waals surface area (Å²) in [6, 6.07) is 66.5. The summed E-state index contributed by atoms with van der Waals surface area (Å²) in [4.78, 5) is 9.92. The summed E-state index contributed by atoms with van der Waals surface area (Å²) in [5, 5.41) is 1.00. The lowest BCUT2D eigenvalue weighted by Gasteiger charge is -2.28. The Bertz CT molecular complexity index is 3150. The molecule has 4 nitrogen and oxygen atoms in total. The van der Waals surface area contributed by atoms with Gasteiger partial charge in [-0.05, 0) is 141 Å². The Morgan fingerprint density at radius 1 is 0.452 bits per heavy atom. The van der Waals surface area contributed by atoms with E-state index in [4.69, 9.17) is 9.72 Å². The largest absolute Gasteiger partial charge is 0.380 e. The third kappa shape index (κ3) is 6.18. The van der Waals surface area contributed by atoms with E-state index in [1.54, 1.807) is 18.4 Å². The van der Waals surface area contributed by atoms with E-state index in [9.17, 15) is 0 Å². The molecule has 11 rings (SSSR count). The van der Waals surface area contributed by atoms with Crippen LogP contribution in [-0.2, 0) is 22.2 Å². The highest BCUT2D eigenvalue weighted by Gasteiger charge is 2.37. The Morgan fingerprint density at radius 3 is 1.55 bits per heavy atom. The third-order valence-corrected chi connectivity index (χ3v) is 14.2. The molecule has 1 aromatic heterocycles. The van der Waals surface area contributed by atoms with Crippen LogP contribution in [0.1, 0.15) is 55.5 Å². The highest BCUT2D eigenvalue weighted by atomic mass is 32.1. The maximum absolute atomic E-state index is 5.49. The summed E-state index contributed by atoms with van der Waals surface area (Å²) in [6.45, 7) is 9.98. The Morgan fingerprint density at radius 2 is 0.919 bits per heavy atom. The van der Waals surface area contributed by atoms with Gasteiger partial charge in [0.25, 0.3) is 0 Å². The SMILES string of the molecule is COCc1ccc2c(c1)C(C)(C)c1cc(N(c3ccccc3)c3ccc(-c4nc5ccc(N(c6ccccc6)c6ccc7c(c6)C(C)(C)c6ccccc6-7)cc5s4)cc3)ccc1-2. The monoisotopic (exact) mass is 821 g/mol. The predicted octanol–water partition coefficient (Wildman–Crippen LogP) is 15.7. The standard InChI is InChI=1S/C57H47N3OS/c1-56(2)49-19-13-12-18-45(49)47-29-26-43(34-51(47)56)60(40-16-10-7-11-17-40)44-27-31-53-54(35-44)62-55(58-53)38-21-23-41(24-22-38)59(39-14-8-6-9-15-39)42-25-30-48-46-28-20-37(36-61-5)32-50(46)57(3,4)52(48)33-42/h6-35H,36H2,1-5H3. The minimum Gasteiger partial charge on any atom is -0.380 e. The molecule has 0 atom stereocenters. The van der Waals surface area contributed by atoms with E-state index < -0.39 is 0 Å². The lowest BCUT2D eigenvalue weighted by molar-refractivity contribution is 0.185. The molecule has 0 unspecified atom stereocenters. The van der Waals surface area contributed by atoms with Crippen molar-refractivity contribution in [3.05, 3.63) is 210 Å². The zero-order valence-corrected chi connectivity index (χ0v) is 36.5. The van der Waals surface area contributed by atoms with Gasteiger partial charge in [-0.25, -0.2) is 4.98 Å². The van der Waals surface area contributed by atoms with E-state index in [-0.39, 0.29) is 10.8 Å². The fraction of sp³-hybridized carbons (Fsp3) is 0.140. The third-order valence-electron chi connectivity index (χ3n) is 13.1. The second-order valence-corrected chi connectivity index (χ2v) is 18.7. The van der Waals surface area contributed by atoms with Crippen molar-refractivity contribution < 1.29 is 4.74 Å². The van der Waals surface area contributed by atoms with Crippen LogP contribution >= 0.6 is 11.3 Å². The molecule has 2 aliphatic carbocycles. The highest BCUT2D eigenvalue weighted by molar-refractivity contribution is 7.21. The second-order valence-electron chi connectivity index (χ2n) is 17.6. The number of aromatic nitrogens is 1. The molecule has 0 saturated heterocycles. The Labute approximate surface area is 368 Å². The topological polar surface area (TPSA) is 28.6 Å². The first-order valence-electron chi connectivity index (χ1n) is 21.4. The van der Waals surface area contributed by atoms with Gasteiger partial charge in [-0.1, -0.05) is 119 Å². The molecule has 0 radical (unpaired) electrons. The van der Waals surface area contributed by atoms with Crippen molar-refractivity contribution >= 4 is 55.7 Å². The van der Waals surface area contributed by atoms with Crippen molar-refractivity contribution in [2.45, 2.75) is 45.1 Å². The zero-order chi connectivity index (χ0) is 42.2. The summed E-state index contributed by atoms with van der Waals surface area (Å²) in [6.07, 6.45) is 0. The van der Waals surface area contributed by atoms with Crippen LogP contribution in [0.2, 0.25) is 0 Å². The quantitative estimate of drug-likeness (QED) is 0.145. The molecule has 0 saturated carbocycles. The van der Waals surface area contributed by atoms with Gasteiger partial charge in [-0.15, -0.1) is 11.3 Å². The van der Waals surface area contributed by atoms with Crippen molar-refractivity contribution in [1.82, 2.24) is 4.98 Å². The number of benzene rings is 8. The molecule has 302 valence electrons. The summed E-state index contributed by atoms with van der Waals surface area (Å²) >= 11 is 1.74. The van der Waals surface area contributed by atoms with Gasteiger partial charge in [0.05, 0.1) is 16.8 Å². The number of methoxy groups -OCH3 is 1. The van der Waals surface area contributed by atoms with Crippen molar-refractivity contribution in [3.63, 3.8) is 0 Å². The lowest BCUT2D eigenvalue weighted by Crippen LogP contribution is -2.17. The molecule has 5 heteroatoms. The first-order chi connectivity index (χ1) is 30.2. The van der Waals surface area contributed by atoms with Crippen LogP contribution in [0.4, 0.5) is 34.1 Å². The molecule has 0 amide bonds. The maximum atomic E-state index is 5.49. The van der Waals surface area contributed by atoms with Gasteiger partial charge in [0, 0.05) is 57.6 Å². The Kier molecular flexibility index (Phi) is 9.04. The van der Waals surface area contributed by atoms with E-state index in [0.717, 1.165) is 54.9 Å². The predicted molar refractivity (Wildman–Crippen MR) is 260 cm³/mol. The van der Waals surface area contributed by atoms with Gasteiger partial charge in [-0.2, -0.15) is 0 Å². The maximum Gasteiger partial charge on any atom is 0.124 e. The number of ether oxygens (including phenoxy) is 1. The fourth-order valence-corrected chi connectivity index (χ4v) is 11.0. The fourth-order valence-electron chi connectivity index (χ4n) is 9.98. The molecular weight excluding hydrogens is 775 g/mol. The number of nitrogens with zero attached hydrogens (tertiary/aromatic N) is 3. The number of hydrogen-bond donors (Lipinski definition) is 0. The Hall–Kier alpha value is -6.79. The number of thiazole rings is 1. The van der Waals surface area contributed by atoms with Gasteiger partial charge in [0.15, 0.2) is 0 Å². The number of anilines is 6. The first kappa shape index (κ1) is 38.2. The number of hydrogen-bond acceptors (Lipinski definition) is 5. The number of fused-ring (bicyclic) bond motifs is 7. The molecule has 1 heterocycles. The average Bonchev–Trinajstić information content (AvgIpc) is 3.90. The number of rotatable bonds is 9. The summed E-state index contributed by atoms with van der Waals surface area (Å²) in [5.74, 6) is 0. The summed E-state index contributed by atoms with van der Waals surface area (Å²) in [7, 11) is 1.76. The van der Waals surface area contributed by atoms with Gasteiger partial charge in [0.2, 0.25) is 0 Å². The first-order valence-corrected chi connectivity index (χ1v) is 22.2. The minimum absolute atomic E-state index is 0.0891. The van der Waals surface area contributed by atoms with Gasteiger partial charge < -0.3 is 14.5 Å². The molecule has 9 aromatic rings. The molecule has 0 spiro atoms. The minimum atomic E-state index is -0.147. The van der Waals surface area contributed by atoms with Crippen molar-refractivity contribution in [2.75, 3.05) is 16.9 Å². The van der Waals surface area contributed by atoms with Crippen molar-refractivity contribution in [1.29, 1.82) is 0 Å². The van der Waals surface area contributed by atoms with Crippen LogP contribution in [0, 0.1) is 0 Å². The normalized spacial score (nSPS) is 14.0. The van der Waals surface area contributed by atoms with Gasteiger partial charge in [-0.3, -0.25) is 0 Å². The smallest absolute Gasteiger partial charge is 0.124 e. The molecule has 8 aromatic carbocycles. The van der Waals surface area contributed by atoms with Crippen LogP contribution in [0.25, 0.3) is 43.0 Å². The van der Waals surface area contributed by atoms with E-state index in [0.29, 0.717) is 6.61 Å². The lowest BCUT2D eigenvalue weighted by atomic mass is 9.82. The average molecular weight is 822 g/mol. The van der Waals surface area contributed by atoms with E-state index in [1.807, 2.05) is 0 Å². The second kappa shape index (κ2) is 14.7. The summed E-state index contributed by atoms with van der Waals surface area (Å²) < 4.78 is 6.64. The van der Waals surface area contributed by atoms with Crippen LogP contribution in [-0.4, -0.2) is 12.1 Å². The Balaban J connectivity index is 0.932. The zero-order valence-electron chi connectivity index (χ0n) is 35.7. The van der Waals surface area contributed by atoms with Crippen molar-refractivity contribution in [2.24, 2.45) is 0 Å². The molecule has 62 heavy (non-hydrogen) atoms. The molecule has 0 N–H and O–H groups in total. The summed E-state index contributed by atoms with van der Waals surface area (Å²) in [5.41, 5.74) is 20.5. The molecular formula is C57H47N3OS. The van der Waals surface area contributed by atoms with Gasteiger partial charge in [0.1, 0.15) is 5.01 Å². The molecule has 0 aliphatic heterocycles. The van der Waals surface area contributed by atoms with Crippen LogP contribution in [0.3, 0.4) is 0 Å². The number of para-hydroxylation sites is 2. The van der Waals surface area contributed by atoms with E-state index >= 15 is 0 Å². The van der Waals surface area contributed by atoms with Gasteiger partial charge >= 0.3 is 0 Å². The van der Waals surface area contributed by atoms with E-state index in [1.165, 1.54) is 50.1 Å². The van der Waals surface area contributed by atoms with Crippen LogP contribution in [0.15, 0.2) is 182 Å². The van der Waals surface area contributed by atoms with Crippen LogP contribution in [0.5, 0.6) is 0 Å². The van der Waals surface area contributed by atoms with E-state index in [2.05, 4.69) is 219 Å². The van der Waals surface area contributed by atoms with Crippen LogP contribution < -0.4 is 9.80 Å². The highest BCUT2D eigenvalue weighted by Crippen LogP contribution is 2.52.